The molecule has 29 heavy (non-hydrogen) atoms. The monoisotopic (exact) mass is 405 g/mol. The lowest BCUT2D eigenvalue weighted by Gasteiger charge is -2.33. The lowest BCUT2D eigenvalue weighted by atomic mass is 10.0. The Bertz CT molecular complexity index is 903. The smallest absolute Gasteiger partial charge is 0.406 e. The number of hydrogen-bond donors (Lipinski definition) is 1. The second kappa shape index (κ2) is 7.38. The van der Waals surface area contributed by atoms with Gasteiger partial charge in [-0.1, -0.05) is 0 Å². The molecule has 1 aromatic heterocycles. The van der Waals surface area contributed by atoms with Crippen molar-refractivity contribution < 1.29 is 27.5 Å². The molecule has 1 saturated carbocycles. The van der Waals surface area contributed by atoms with Gasteiger partial charge in [0, 0.05) is 30.5 Å². The third kappa shape index (κ3) is 4.18. The van der Waals surface area contributed by atoms with Gasteiger partial charge < -0.3 is 15.0 Å². The van der Waals surface area contributed by atoms with Gasteiger partial charge in [-0.05, 0) is 55.2 Å². The standard InChI is InChI=1S/C20H18F3N3O3/c21-20(22,23)29-15-5-3-13(4-6-15)19(28)26-11-12-8-16(17(26)9-12)25-18(27)14-2-1-7-24-10-14/h1-7,10,12,16-17H,8-9,11H2,(H,25,27)/t12-,16+,17-/m1/s1. The maximum atomic E-state index is 12.9. The molecule has 2 heterocycles. The van der Waals surface area contributed by atoms with Crippen molar-refractivity contribution in [2.75, 3.05) is 6.54 Å². The molecular formula is C20H18F3N3O3. The van der Waals surface area contributed by atoms with Crippen molar-refractivity contribution in [3.05, 3.63) is 59.9 Å². The molecular weight excluding hydrogens is 387 g/mol. The number of hydrogen-bond acceptors (Lipinski definition) is 4. The molecule has 1 aliphatic heterocycles. The van der Waals surface area contributed by atoms with E-state index in [1.165, 1.54) is 18.3 Å². The summed E-state index contributed by atoms with van der Waals surface area (Å²) in [4.78, 5) is 30.9. The second-order valence-electron chi connectivity index (χ2n) is 7.26. The Kier molecular flexibility index (Phi) is 4.89. The van der Waals surface area contributed by atoms with Gasteiger partial charge in [0.25, 0.3) is 11.8 Å². The van der Waals surface area contributed by atoms with E-state index in [0.29, 0.717) is 12.1 Å². The zero-order valence-electron chi connectivity index (χ0n) is 15.2. The maximum absolute atomic E-state index is 12.9. The van der Waals surface area contributed by atoms with Gasteiger partial charge in [0.05, 0.1) is 11.6 Å². The lowest BCUT2D eigenvalue weighted by Crippen LogP contribution is -2.52. The molecule has 1 aromatic carbocycles. The molecule has 0 radical (unpaired) electrons. The van der Waals surface area contributed by atoms with Crippen molar-refractivity contribution in [3.8, 4) is 5.75 Å². The number of ether oxygens (including phenoxy) is 1. The predicted octanol–water partition coefficient (Wildman–Crippen LogP) is 3.01. The van der Waals surface area contributed by atoms with Crippen LogP contribution < -0.4 is 10.1 Å². The fourth-order valence-corrected chi connectivity index (χ4v) is 4.13. The molecule has 4 rings (SSSR count). The van der Waals surface area contributed by atoms with Crippen molar-refractivity contribution in [2.45, 2.75) is 31.3 Å². The third-order valence-corrected chi connectivity index (χ3v) is 5.32. The molecule has 1 aliphatic carbocycles. The number of aromatic nitrogens is 1. The average molecular weight is 405 g/mol. The molecule has 1 saturated heterocycles. The quantitative estimate of drug-likeness (QED) is 0.849. The van der Waals surface area contributed by atoms with E-state index in [-0.39, 0.29) is 41.1 Å². The van der Waals surface area contributed by atoms with Crippen LogP contribution in [0, 0.1) is 5.92 Å². The number of benzene rings is 1. The highest BCUT2D eigenvalue weighted by Gasteiger charge is 2.47. The summed E-state index contributed by atoms with van der Waals surface area (Å²) in [7, 11) is 0. The van der Waals surface area contributed by atoms with Gasteiger partial charge in [-0.2, -0.15) is 0 Å². The number of fused-ring (bicyclic) bond motifs is 2. The van der Waals surface area contributed by atoms with E-state index < -0.39 is 6.36 Å². The Morgan fingerprint density at radius 2 is 1.86 bits per heavy atom. The number of amides is 2. The molecule has 1 N–H and O–H groups in total. The molecule has 2 aromatic rings. The number of pyridine rings is 1. The number of nitrogens with zero attached hydrogens (tertiary/aromatic N) is 2. The second-order valence-corrected chi connectivity index (χ2v) is 7.26. The average Bonchev–Trinajstić information content (AvgIpc) is 3.28. The summed E-state index contributed by atoms with van der Waals surface area (Å²) in [6, 6.07) is 7.92. The minimum Gasteiger partial charge on any atom is -0.406 e. The van der Waals surface area contributed by atoms with Gasteiger partial charge in [-0.25, -0.2) is 0 Å². The number of rotatable bonds is 4. The molecule has 152 valence electrons. The number of likely N-dealkylation sites (tertiary alicyclic amines) is 1. The molecule has 9 heteroatoms. The minimum atomic E-state index is -4.78. The predicted molar refractivity (Wildman–Crippen MR) is 96.2 cm³/mol. The van der Waals surface area contributed by atoms with Crippen molar-refractivity contribution >= 4 is 11.8 Å². The van der Waals surface area contributed by atoms with Crippen LogP contribution in [0.15, 0.2) is 48.8 Å². The van der Waals surface area contributed by atoms with Gasteiger partial charge in [0.15, 0.2) is 0 Å². The maximum Gasteiger partial charge on any atom is 0.573 e. The first-order valence-electron chi connectivity index (χ1n) is 9.18. The fraction of sp³-hybridized carbons (Fsp3) is 0.350. The van der Waals surface area contributed by atoms with Gasteiger partial charge in [-0.15, -0.1) is 13.2 Å². The van der Waals surface area contributed by atoms with Crippen LogP contribution in [0.25, 0.3) is 0 Å². The molecule has 0 unspecified atom stereocenters. The van der Waals surface area contributed by atoms with E-state index >= 15 is 0 Å². The fourth-order valence-electron chi connectivity index (χ4n) is 4.13. The van der Waals surface area contributed by atoms with E-state index in [9.17, 15) is 22.8 Å². The number of halogens is 3. The Labute approximate surface area is 164 Å². The summed E-state index contributed by atoms with van der Waals surface area (Å²) in [5.74, 6) is -0.595. The molecule has 2 fully saturated rings. The Morgan fingerprint density at radius 3 is 2.48 bits per heavy atom. The SMILES string of the molecule is O=C(N[C@H]1C[C@@H]2C[C@H]1N(C(=O)c1ccc(OC(F)(F)F)cc1)C2)c1cccnc1. The topological polar surface area (TPSA) is 71.5 Å². The van der Waals surface area contributed by atoms with Crippen molar-refractivity contribution in [2.24, 2.45) is 5.92 Å². The van der Waals surface area contributed by atoms with Crippen LogP contribution in [0.1, 0.15) is 33.6 Å². The zero-order valence-corrected chi connectivity index (χ0v) is 15.2. The first-order chi connectivity index (χ1) is 13.8. The highest BCUT2D eigenvalue weighted by atomic mass is 19.4. The number of carbonyl (C=O) groups is 2. The van der Waals surface area contributed by atoms with Crippen molar-refractivity contribution in [1.29, 1.82) is 0 Å². The van der Waals surface area contributed by atoms with E-state index in [2.05, 4.69) is 15.0 Å². The third-order valence-electron chi connectivity index (χ3n) is 5.32. The summed E-state index contributed by atoms with van der Waals surface area (Å²) in [5.41, 5.74) is 0.734. The number of nitrogens with one attached hydrogen (secondary N) is 1. The van der Waals surface area contributed by atoms with Gasteiger partial charge in [0.1, 0.15) is 5.75 Å². The number of carbonyl (C=O) groups excluding carboxylic acids is 2. The van der Waals surface area contributed by atoms with E-state index in [4.69, 9.17) is 0 Å². The molecule has 6 nitrogen and oxygen atoms in total. The molecule has 2 bridgehead atoms. The number of alkyl halides is 3. The van der Waals surface area contributed by atoms with Crippen LogP contribution in [-0.2, 0) is 0 Å². The Hall–Kier alpha value is -3.10. The van der Waals surface area contributed by atoms with E-state index in [1.807, 2.05) is 0 Å². The van der Waals surface area contributed by atoms with Crippen molar-refractivity contribution in [3.63, 3.8) is 0 Å². The largest absolute Gasteiger partial charge is 0.573 e. The van der Waals surface area contributed by atoms with E-state index in [1.54, 1.807) is 23.2 Å². The molecule has 0 spiro atoms. The van der Waals surface area contributed by atoms with Crippen LogP contribution in [0.2, 0.25) is 0 Å². The number of piperidine rings is 1. The van der Waals surface area contributed by atoms with Gasteiger partial charge >= 0.3 is 6.36 Å². The first kappa shape index (κ1) is 19.2. The van der Waals surface area contributed by atoms with Crippen LogP contribution in [-0.4, -0.2) is 46.7 Å². The normalized spacial score (nSPS) is 23.1. The van der Waals surface area contributed by atoms with Crippen LogP contribution in [0.5, 0.6) is 5.75 Å². The van der Waals surface area contributed by atoms with Gasteiger partial charge in [-0.3, -0.25) is 14.6 Å². The summed E-state index contributed by atoms with van der Waals surface area (Å²) in [6.45, 7) is 0.573. The molecule has 3 atom stereocenters. The Balaban J connectivity index is 1.43. The van der Waals surface area contributed by atoms with Crippen LogP contribution in [0.4, 0.5) is 13.2 Å². The summed E-state index contributed by atoms with van der Waals surface area (Å²) in [5, 5.41) is 2.98. The zero-order chi connectivity index (χ0) is 20.6. The summed E-state index contributed by atoms with van der Waals surface area (Å²) < 4.78 is 40.7. The van der Waals surface area contributed by atoms with Gasteiger partial charge in [0.2, 0.25) is 0 Å². The lowest BCUT2D eigenvalue weighted by molar-refractivity contribution is -0.274. The first-order valence-corrected chi connectivity index (χ1v) is 9.18. The molecule has 2 aliphatic rings. The molecule has 2 amide bonds. The van der Waals surface area contributed by atoms with Crippen molar-refractivity contribution in [1.82, 2.24) is 15.2 Å². The van der Waals surface area contributed by atoms with E-state index in [0.717, 1.165) is 25.0 Å². The highest BCUT2D eigenvalue weighted by molar-refractivity contribution is 5.96. The van der Waals surface area contributed by atoms with Crippen LogP contribution in [0.3, 0.4) is 0 Å². The Morgan fingerprint density at radius 1 is 1.10 bits per heavy atom. The summed E-state index contributed by atoms with van der Waals surface area (Å²) in [6.07, 6.45) is -0.132. The summed E-state index contributed by atoms with van der Waals surface area (Å²) >= 11 is 0. The highest BCUT2D eigenvalue weighted by Crippen LogP contribution is 2.39. The van der Waals surface area contributed by atoms with Crippen LogP contribution >= 0.6 is 0 Å². The minimum absolute atomic E-state index is 0.140.